The number of ether oxygens (including phenoxy) is 2. The van der Waals surface area contributed by atoms with E-state index in [0.29, 0.717) is 11.5 Å². The van der Waals surface area contributed by atoms with Gasteiger partial charge in [-0.2, -0.15) is 0 Å². The fraction of sp³-hybridized carbons (Fsp3) is 0.158. The molecule has 2 N–H and O–H groups in total. The van der Waals surface area contributed by atoms with Crippen molar-refractivity contribution in [2.75, 3.05) is 18.9 Å². The number of nitrogen functional groups attached to an aromatic ring is 1. The molecule has 0 unspecified atom stereocenters. The van der Waals surface area contributed by atoms with E-state index in [4.69, 9.17) is 28.1 Å². The number of terminal acetylenes is 2. The number of anilines is 1. The van der Waals surface area contributed by atoms with Gasteiger partial charge in [-0.1, -0.05) is 24.0 Å². The predicted molar refractivity (Wildman–Crippen MR) is 95.5 cm³/mol. The van der Waals surface area contributed by atoms with Gasteiger partial charge in [0.1, 0.15) is 24.7 Å². The molecule has 0 aromatic heterocycles. The molecule has 0 spiro atoms. The molecule has 0 bridgehead atoms. The summed E-state index contributed by atoms with van der Waals surface area (Å²) >= 11 is 1.65. The molecular formula is C19H17NO2S. The van der Waals surface area contributed by atoms with Crippen LogP contribution in [0.25, 0.3) is 0 Å². The highest BCUT2D eigenvalue weighted by Crippen LogP contribution is 2.31. The van der Waals surface area contributed by atoms with Crippen LogP contribution in [-0.2, 0) is 5.75 Å². The first-order valence-corrected chi connectivity index (χ1v) is 7.95. The number of nitrogens with two attached hydrogens (primary N) is 1. The summed E-state index contributed by atoms with van der Waals surface area (Å²) in [7, 11) is 0. The van der Waals surface area contributed by atoms with Crippen molar-refractivity contribution in [2.45, 2.75) is 10.6 Å². The van der Waals surface area contributed by atoms with Gasteiger partial charge in [0.25, 0.3) is 0 Å². The number of benzene rings is 2. The van der Waals surface area contributed by atoms with Crippen LogP contribution in [0.3, 0.4) is 0 Å². The van der Waals surface area contributed by atoms with E-state index in [1.54, 1.807) is 17.8 Å². The Morgan fingerprint density at radius 2 is 1.57 bits per heavy atom. The minimum atomic E-state index is 0.205. The van der Waals surface area contributed by atoms with Gasteiger partial charge in [-0.15, -0.1) is 24.6 Å². The molecule has 0 heterocycles. The van der Waals surface area contributed by atoms with Crippen molar-refractivity contribution in [3.8, 4) is 36.2 Å². The zero-order chi connectivity index (χ0) is 16.5. The number of para-hydroxylation sites is 1. The van der Waals surface area contributed by atoms with Crippen LogP contribution in [-0.4, -0.2) is 13.2 Å². The summed E-state index contributed by atoms with van der Waals surface area (Å²) in [6, 6.07) is 13.4. The summed E-state index contributed by atoms with van der Waals surface area (Å²) in [5, 5.41) is 0. The summed E-state index contributed by atoms with van der Waals surface area (Å²) in [5.41, 5.74) is 7.77. The predicted octanol–water partition coefficient (Wildman–Crippen LogP) is 3.59. The smallest absolute Gasteiger partial charge is 0.148 e. The second-order valence-corrected chi connectivity index (χ2v) is 5.64. The van der Waals surface area contributed by atoms with Crippen molar-refractivity contribution in [1.82, 2.24) is 0 Å². The molecule has 0 amide bonds. The summed E-state index contributed by atoms with van der Waals surface area (Å²) < 4.78 is 11.0. The third kappa shape index (κ3) is 5.21. The van der Waals surface area contributed by atoms with Crippen LogP contribution in [0.1, 0.15) is 5.56 Å². The molecule has 2 aromatic rings. The highest BCUT2D eigenvalue weighted by atomic mass is 32.2. The molecule has 116 valence electrons. The average molecular weight is 323 g/mol. The minimum absolute atomic E-state index is 0.205. The molecule has 2 rings (SSSR count). The fourth-order valence-electron chi connectivity index (χ4n) is 1.90. The standard InChI is InChI=1S/C19H17NO2S/c1-3-9-21-16-11-15(12-17(13-16)22-10-4-2)14-23-19-8-6-5-7-18(19)20/h1-2,5-8,11-13H,9-10,14,20H2. The van der Waals surface area contributed by atoms with Crippen molar-refractivity contribution < 1.29 is 9.47 Å². The Hall–Kier alpha value is -2.69. The molecule has 0 fully saturated rings. The monoisotopic (exact) mass is 323 g/mol. The molecule has 0 radical (unpaired) electrons. The van der Waals surface area contributed by atoms with Crippen molar-refractivity contribution in [2.24, 2.45) is 0 Å². The molecule has 23 heavy (non-hydrogen) atoms. The van der Waals surface area contributed by atoms with Gasteiger partial charge < -0.3 is 15.2 Å². The maximum atomic E-state index is 5.96. The van der Waals surface area contributed by atoms with Crippen molar-refractivity contribution >= 4 is 17.4 Å². The lowest BCUT2D eigenvalue weighted by atomic mass is 10.2. The van der Waals surface area contributed by atoms with E-state index in [0.717, 1.165) is 21.9 Å². The molecule has 3 nitrogen and oxygen atoms in total. The molecule has 0 aliphatic heterocycles. The third-order valence-electron chi connectivity index (χ3n) is 2.90. The van der Waals surface area contributed by atoms with Crippen LogP contribution in [0, 0.1) is 24.7 Å². The van der Waals surface area contributed by atoms with Crippen LogP contribution >= 0.6 is 11.8 Å². The topological polar surface area (TPSA) is 44.5 Å². The van der Waals surface area contributed by atoms with Crippen LogP contribution < -0.4 is 15.2 Å². The van der Waals surface area contributed by atoms with E-state index in [9.17, 15) is 0 Å². The van der Waals surface area contributed by atoms with E-state index in [1.165, 1.54) is 0 Å². The molecule has 0 saturated heterocycles. The molecule has 0 atom stereocenters. The lowest BCUT2D eigenvalue weighted by Crippen LogP contribution is -1.98. The number of rotatable bonds is 7. The number of thioether (sulfide) groups is 1. The first-order valence-electron chi connectivity index (χ1n) is 6.96. The van der Waals surface area contributed by atoms with Crippen molar-refractivity contribution in [1.29, 1.82) is 0 Å². The Bertz CT molecular complexity index is 708. The first-order chi connectivity index (χ1) is 11.2. The van der Waals surface area contributed by atoms with E-state index in [1.807, 2.05) is 36.4 Å². The minimum Gasteiger partial charge on any atom is -0.481 e. The molecule has 0 aliphatic rings. The second kappa shape index (κ2) is 8.68. The molecule has 0 saturated carbocycles. The summed E-state index contributed by atoms with van der Waals surface area (Å²) in [6.45, 7) is 0.410. The summed E-state index contributed by atoms with van der Waals surface area (Å²) in [5.74, 6) is 6.95. The van der Waals surface area contributed by atoms with E-state index in [-0.39, 0.29) is 13.2 Å². The van der Waals surface area contributed by atoms with Crippen LogP contribution in [0.2, 0.25) is 0 Å². The Kier molecular flexibility index (Phi) is 6.29. The van der Waals surface area contributed by atoms with Crippen LogP contribution in [0.15, 0.2) is 47.4 Å². The van der Waals surface area contributed by atoms with Gasteiger partial charge in [-0.3, -0.25) is 0 Å². The molecule has 0 aliphatic carbocycles. The Labute approximate surface area is 141 Å². The van der Waals surface area contributed by atoms with Gasteiger partial charge in [0.05, 0.1) is 0 Å². The number of hydrogen-bond donors (Lipinski definition) is 1. The SMILES string of the molecule is C#CCOc1cc(CSc2ccccc2N)cc(OCC#C)c1. The normalized spacial score (nSPS) is 9.65. The molecular weight excluding hydrogens is 306 g/mol. The maximum Gasteiger partial charge on any atom is 0.148 e. The van der Waals surface area contributed by atoms with E-state index < -0.39 is 0 Å². The highest BCUT2D eigenvalue weighted by Gasteiger charge is 2.05. The lowest BCUT2D eigenvalue weighted by Gasteiger charge is -2.11. The number of hydrogen-bond acceptors (Lipinski definition) is 4. The Morgan fingerprint density at radius 1 is 0.957 bits per heavy atom. The van der Waals surface area contributed by atoms with Crippen LogP contribution in [0.4, 0.5) is 5.69 Å². The zero-order valence-corrected chi connectivity index (χ0v) is 13.4. The third-order valence-corrected chi connectivity index (χ3v) is 4.06. The van der Waals surface area contributed by atoms with Gasteiger partial charge in [0, 0.05) is 22.4 Å². The summed E-state index contributed by atoms with van der Waals surface area (Å²) in [4.78, 5) is 1.04. The van der Waals surface area contributed by atoms with Gasteiger partial charge in [0.15, 0.2) is 0 Å². The fourth-order valence-corrected chi connectivity index (χ4v) is 2.80. The second-order valence-electron chi connectivity index (χ2n) is 4.62. The van der Waals surface area contributed by atoms with Crippen molar-refractivity contribution in [3.05, 3.63) is 48.0 Å². The van der Waals surface area contributed by atoms with Gasteiger partial charge in [0.2, 0.25) is 0 Å². The first kappa shape index (κ1) is 16.7. The molecule has 4 heteroatoms. The van der Waals surface area contributed by atoms with Crippen molar-refractivity contribution in [3.63, 3.8) is 0 Å². The molecule has 2 aromatic carbocycles. The largest absolute Gasteiger partial charge is 0.481 e. The summed E-state index contributed by atoms with van der Waals surface area (Å²) in [6.07, 6.45) is 10.5. The highest BCUT2D eigenvalue weighted by molar-refractivity contribution is 7.98. The Balaban J connectivity index is 2.14. The van der Waals surface area contributed by atoms with E-state index >= 15 is 0 Å². The average Bonchev–Trinajstić information content (AvgIpc) is 2.57. The maximum absolute atomic E-state index is 5.96. The Morgan fingerprint density at radius 3 is 2.13 bits per heavy atom. The zero-order valence-electron chi connectivity index (χ0n) is 12.6. The van der Waals surface area contributed by atoms with E-state index in [2.05, 4.69) is 11.8 Å². The quantitative estimate of drug-likeness (QED) is 0.480. The lowest BCUT2D eigenvalue weighted by molar-refractivity contribution is 0.351. The van der Waals surface area contributed by atoms with Gasteiger partial charge in [-0.05, 0) is 29.8 Å². The van der Waals surface area contributed by atoms with Crippen LogP contribution in [0.5, 0.6) is 11.5 Å². The van der Waals surface area contributed by atoms with Gasteiger partial charge in [-0.25, -0.2) is 0 Å². The van der Waals surface area contributed by atoms with Gasteiger partial charge >= 0.3 is 0 Å².